The molecule has 0 spiro atoms. The number of hydrogen-bond acceptors (Lipinski definition) is 5. The lowest BCUT2D eigenvalue weighted by molar-refractivity contribution is 0.192. The Balaban J connectivity index is 1.46. The van der Waals surface area contributed by atoms with E-state index in [4.69, 9.17) is 4.74 Å². The number of urea groups is 1. The summed E-state index contributed by atoms with van der Waals surface area (Å²) in [4.78, 5) is 11.9. The van der Waals surface area contributed by atoms with Crippen molar-refractivity contribution in [2.45, 2.75) is 38.1 Å². The van der Waals surface area contributed by atoms with Crippen molar-refractivity contribution in [3.8, 4) is 11.4 Å². The molecule has 8 nitrogen and oxygen atoms in total. The van der Waals surface area contributed by atoms with Crippen molar-refractivity contribution in [2.75, 3.05) is 25.6 Å². The third-order valence-corrected chi connectivity index (χ3v) is 4.10. The Hall–Kier alpha value is -2.48. The van der Waals surface area contributed by atoms with Crippen molar-refractivity contribution in [2.24, 2.45) is 0 Å². The Morgan fingerprint density at radius 3 is 2.76 bits per heavy atom. The van der Waals surface area contributed by atoms with Gasteiger partial charge in [0.1, 0.15) is 0 Å². The summed E-state index contributed by atoms with van der Waals surface area (Å²) < 4.78 is 6.87. The molecule has 1 aromatic heterocycles. The number of amides is 2. The van der Waals surface area contributed by atoms with Crippen LogP contribution in [0, 0.1) is 0 Å². The van der Waals surface area contributed by atoms with Crippen LogP contribution in [0.15, 0.2) is 24.3 Å². The SMILES string of the molecule is COCCCCCNC(=O)Nc1ccc(-c2nnnn2C2CC2)cc1. The predicted octanol–water partition coefficient (Wildman–Crippen LogP) is 2.61. The number of nitrogens with one attached hydrogen (secondary N) is 2. The molecule has 0 aliphatic heterocycles. The van der Waals surface area contributed by atoms with Crippen LogP contribution in [0.5, 0.6) is 0 Å². The average Bonchev–Trinajstić information content (AvgIpc) is 3.35. The van der Waals surface area contributed by atoms with E-state index in [1.807, 2.05) is 28.9 Å². The molecule has 134 valence electrons. The number of carbonyl (C=O) groups excluding carboxylic acids is 1. The molecule has 0 radical (unpaired) electrons. The molecule has 2 aromatic rings. The lowest BCUT2D eigenvalue weighted by atomic mass is 10.2. The zero-order valence-corrected chi connectivity index (χ0v) is 14.4. The van der Waals surface area contributed by atoms with Gasteiger partial charge in [-0.05, 0) is 66.8 Å². The van der Waals surface area contributed by atoms with Gasteiger partial charge in [0.15, 0.2) is 5.82 Å². The van der Waals surface area contributed by atoms with Gasteiger partial charge in [0.05, 0.1) is 6.04 Å². The normalized spacial score (nSPS) is 13.6. The van der Waals surface area contributed by atoms with Gasteiger partial charge in [-0.3, -0.25) is 0 Å². The van der Waals surface area contributed by atoms with Gasteiger partial charge in [-0.15, -0.1) is 5.10 Å². The fourth-order valence-corrected chi connectivity index (χ4v) is 2.58. The van der Waals surface area contributed by atoms with Gasteiger partial charge >= 0.3 is 6.03 Å². The lowest BCUT2D eigenvalue weighted by Gasteiger charge is -2.08. The van der Waals surface area contributed by atoms with Gasteiger partial charge in [-0.1, -0.05) is 0 Å². The fourth-order valence-electron chi connectivity index (χ4n) is 2.58. The first-order chi connectivity index (χ1) is 12.3. The number of unbranched alkanes of at least 4 members (excludes halogenated alkanes) is 2. The maximum atomic E-state index is 11.9. The first kappa shape index (κ1) is 17.3. The maximum Gasteiger partial charge on any atom is 0.319 e. The maximum absolute atomic E-state index is 11.9. The molecule has 0 atom stereocenters. The minimum absolute atomic E-state index is 0.192. The second kappa shape index (κ2) is 8.57. The molecule has 3 rings (SSSR count). The number of rotatable bonds is 9. The topological polar surface area (TPSA) is 94.0 Å². The highest BCUT2D eigenvalue weighted by atomic mass is 16.5. The van der Waals surface area contributed by atoms with Crippen LogP contribution in [-0.4, -0.2) is 46.5 Å². The van der Waals surface area contributed by atoms with Crippen LogP contribution in [0.25, 0.3) is 11.4 Å². The Kier molecular flexibility index (Phi) is 5.95. The summed E-state index contributed by atoms with van der Waals surface area (Å²) in [6.45, 7) is 1.42. The Labute approximate surface area is 146 Å². The summed E-state index contributed by atoms with van der Waals surface area (Å²) in [6, 6.07) is 7.80. The van der Waals surface area contributed by atoms with E-state index in [2.05, 4.69) is 26.2 Å². The van der Waals surface area contributed by atoms with E-state index in [1.54, 1.807) is 7.11 Å². The first-order valence-electron chi connectivity index (χ1n) is 8.70. The molecule has 2 N–H and O–H groups in total. The number of anilines is 1. The molecule has 1 aliphatic rings. The van der Waals surface area contributed by atoms with Gasteiger partial charge in [-0.25, -0.2) is 9.48 Å². The van der Waals surface area contributed by atoms with E-state index in [1.165, 1.54) is 0 Å². The molecular weight excluding hydrogens is 320 g/mol. The molecule has 0 saturated heterocycles. The first-order valence-corrected chi connectivity index (χ1v) is 8.70. The zero-order chi connectivity index (χ0) is 17.5. The highest BCUT2D eigenvalue weighted by molar-refractivity contribution is 5.89. The smallest absolute Gasteiger partial charge is 0.319 e. The van der Waals surface area contributed by atoms with Crippen molar-refractivity contribution < 1.29 is 9.53 Å². The second-order valence-corrected chi connectivity index (χ2v) is 6.19. The molecule has 8 heteroatoms. The molecule has 1 aromatic carbocycles. The van der Waals surface area contributed by atoms with Crippen molar-refractivity contribution >= 4 is 11.7 Å². The van der Waals surface area contributed by atoms with Crippen molar-refractivity contribution in [1.82, 2.24) is 25.5 Å². The van der Waals surface area contributed by atoms with E-state index in [-0.39, 0.29) is 6.03 Å². The number of ether oxygens (including phenoxy) is 1. The summed E-state index contributed by atoms with van der Waals surface area (Å²) in [5.41, 5.74) is 1.69. The summed E-state index contributed by atoms with van der Waals surface area (Å²) in [5.74, 6) is 0.773. The van der Waals surface area contributed by atoms with Crippen LogP contribution in [0.3, 0.4) is 0 Å². The summed E-state index contributed by atoms with van der Waals surface area (Å²) >= 11 is 0. The van der Waals surface area contributed by atoms with Gasteiger partial charge in [0, 0.05) is 31.5 Å². The number of nitrogens with zero attached hydrogens (tertiary/aromatic N) is 4. The van der Waals surface area contributed by atoms with Crippen molar-refractivity contribution in [3.63, 3.8) is 0 Å². The van der Waals surface area contributed by atoms with Crippen LogP contribution in [0.1, 0.15) is 38.1 Å². The predicted molar refractivity (Wildman–Crippen MR) is 94.3 cm³/mol. The molecule has 1 saturated carbocycles. The largest absolute Gasteiger partial charge is 0.385 e. The van der Waals surface area contributed by atoms with E-state index in [0.717, 1.165) is 55.8 Å². The number of hydrogen-bond donors (Lipinski definition) is 2. The monoisotopic (exact) mass is 344 g/mol. The van der Waals surface area contributed by atoms with Gasteiger partial charge in [-0.2, -0.15) is 0 Å². The molecule has 0 unspecified atom stereocenters. The highest BCUT2D eigenvalue weighted by Crippen LogP contribution is 2.36. The lowest BCUT2D eigenvalue weighted by Crippen LogP contribution is -2.29. The van der Waals surface area contributed by atoms with Gasteiger partial charge in [0.2, 0.25) is 0 Å². The standard InChI is InChI=1S/C17H24N6O2/c1-25-12-4-2-3-11-18-17(24)19-14-7-5-13(6-8-14)16-20-21-22-23(16)15-9-10-15/h5-8,15H,2-4,9-12H2,1H3,(H2,18,19,24). The third-order valence-electron chi connectivity index (χ3n) is 4.10. The Bertz CT molecular complexity index is 681. The highest BCUT2D eigenvalue weighted by Gasteiger charge is 2.28. The summed E-state index contributed by atoms with van der Waals surface area (Å²) in [5, 5.41) is 17.6. The van der Waals surface area contributed by atoms with Gasteiger partial charge < -0.3 is 15.4 Å². The van der Waals surface area contributed by atoms with Gasteiger partial charge in [0.25, 0.3) is 0 Å². The van der Waals surface area contributed by atoms with E-state index >= 15 is 0 Å². The number of tetrazole rings is 1. The van der Waals surface area contributed by atoms with Crippen LogP contribution in [0.4, 0.5) is 10.5 Å². The van der Waals surface area contributed by atoms with E-state index < -0.39 is 0 Å². The number of benzene rings is 1. The minimum atomic E-state index is -0.192. The molecule has 1 heterocycles. The second-order valence-electron chi connectivity index (χ2n) is 6.19. The summed E-state index contributed by atoms with van der Waals surface area (Å²) in [7, 11) is 1.70. The number of methoxy groups -OCH3 is 1. The number of carbonyl (C=O) groups is 1. The van der Waals surface area contributed by atoms with Crippen molar-refractivity contribution in [3.05, 3.63) is 24.3 Å². The summed E-state index contributed by atoms with van der Waals surface area (Å²) in [6.07, 6.45) is 5.26. The number of aromatic nitrogens is 4. The van der Waals surface area contributed by atoms with Crippen LogP contribution < -0.4 is 10.6 Å². The molecule has 1 fully saturated rings. The molecule has 25 heavy (non-hydrogen) atoms. The fraction of sp³-hybridized carbons (Fsp3) is 0.529. The molecule has 0 bridgehead atoms. The van der Waals surface area contributed by atoms with E-state index in [9.17, 15) is 4.79 Å². The quantitative estimate of drug-likeness (QED) is 0.682. The third kappa shape index (κ3) is 4.99. The average molecular weight is 344 g/mol. The van der Waals surface area contributed by atoms with Crippen LogP contribution >= 0.6 is 0 Å². The van der Waals surface area contributed by atoms with Crippen molar-refractivity contribution in [1.29, 1.82) is 0 Å². The molecular formula is C17H24N6O2. The Morgan fingerprint density at radius 2 is 2.04 bits per heavy atom. The Morgan fingerprint density at radius 1 is 1.24 bits per heavy atom. The minimum Gasteiger partial charge on any atom is -0.385 e. The van der Waals surface area contributed by atoms with Crippen LogP contribution in [0.2, 0.25) is 0 Å². The molecule has 2 amide bonds. The molecule has 1 aliphatic carbocycles. The zero-order valence-electron chi connectivity index (χ0n) is 14.4. The van der Waals surface area contributed by atoms with Crippen LogP contribution in [-0.2, 0) is 4.74 Å². The van der Waals surface area contributed by atoms with E-state index in [0.29, 0.717) is 12.6 Å².